The van der Waals surface area contributed by atoms with Crippen molar-refractivity contribution in [2.24, 2.45) is 5.92 Å². The lowest BCUT2D eigenvalue weighted by Gasteiger charge is -2.15. The van der Waals surface area contributed by atoms with Crippen LogP contribution in [0.5, 0.6) is 0 Å². The molecule has 0 aliphatic rings. The number of hydrogen-bond acceptors (Lipinski definition) is 1. The van der Waals surface area contributed by atoms with Crippen molar-refractivity contribution in [2.45, 2.75) is 26.1 Å². The van der Waals surface area contributed by atoms with Gasteiger partial charge >= 0.3 is 6.18 Å². The SMILES string of the molecule is CC(C)C(O)c1ccc(C(F)(F)F)cc1. The maximum absolute atomic E-state index is 12.2. The zero-order chi connectivity index (χ0) is 11.6. The Kier molecular flexibility index (Phi) is 3.39. The Labute approximate surface area is 86.5 Å². The summed E-state index contributed by atoms with van der Waals surface area (Å²) in [6.45, 7) is 3.62. The number of hydrogen-bond donors (Lipinski definition) is 1. The molecule has 0 radical (unpaired) electrons. The number of rotatable bonds is 2. The van der Waals surface area contributed by atoms with Gasteiger partial charge in [-0.05, 0) is 23.6 Å². The molecule has 1 rings (SSSR count). The lowest BCUT2D eigenvalue weighted by molar-refractivity contribution is -0.137. The highest BCUT2D eigenvalue weighted by Gasteiger charge is 2.30. The van der Waals surface area contributed by atoms with Gasteiger partial charge in [-0.25, -0.2) is 0 Å². The Balaban J connectivity index is 2.91. The molecule has 1 atom stereocenters. The van der Waals surface area contributed by atoms with Crippen LogP contribution in [0.4, 0.5) is 13.2 Å². The second-order valence-corrected chi connectivity index (χ2v) is 3.81. The van der Waals surface area contributed by atoms with Gasteiger partial charge in [-0.1, -0.05) is 26.0 Å². The van der Waals surface area contributed by atoms with E-state index in [1.165, 1.54) is 12.1 Å². The molecule has 0 saturated heterocycles. The third-order valence-corrected chi connectivity index (χ3v) is 2.21. The molecule has 0 bridgehead atoms. The molecule has 1 N–H and O–H groups in total. The summed E-state index contributed by atoms with van der Waals surface area (Å²) in [5.41, 5.74) is -0.180. The molecule has 0 aliphatic carbocycles. The molecule has 1 aromatic rings. The standard InChI is InChI=1S/C11H13F3O/c1-7(2)10(15)8-3-5-9(6-4-8)11(12,13)14/h3-7,10,15H,1-2H3. The van der Waals surface area contributed by atoms with Gasteiger partial charge in [0.15, 0.2) is 0 Å². The van der Waals surface area contributed by atoms with Crippen LogP contribution in [0.25, 0.3) is 0 Å². The van der Waals surface area contributed by atoms with Crippen LogP contribution in [-0.2, 0) is 6.18 Å². The van der Waals surface area contributed by atoms with Gasteiger partial charge in [0.2, 0.25) is 0 Å². The first-order chi connectivity index (χ1) is 6.82. The van der Waals surface area contributed by atoms with Crippen molar-refractivity contribution in [3.05, 3.63) is 35.4 Å². The van der Waals surface area contributed by atoms with Crippen LogP contribution in [-0.4, -0.2) is 5.11 Å². The molecule has 0 spiro atoms. The summed E-state index contributed by atoms with van der Waals surface area (Å²) in [4.78, 5) is 0. The first-order valence-corrected chi connectivity index (χ1v) is 4.67. The highest BCUT2D eigenvalue weighted by atomic mass is 19.4. The molecular formula is C11H13F3O. The van der Waals surface area contributed by atoms with E-state index in [1.807, 2.05) is 13.8 Å². The lowest BCUT2D eigenvalue weighted by atomic mass is 9.98. The molecule has 0 heterocycles. The number of aliphatic hydroxyl groups excluding tert-OH is 1. The molecule has 0 fully saturated rings. The largest absolute Gasteiger partial charge is 0.416 e. The normalized spacial score (nSPS) is 14.3. The Morgan fingerprint density at radius 2 is 1.53 bits per heavy atom. The molecule has 1 aromatic carbocycles. The van der Waals surface area contributed by atoms with E-state index in [9.17, 15) is 18.3 Å². The second kappa shape index (κ2) is 4.23. The fraction of sp³-hybridized carbons (Fsp3) is 0.455. The van der Waals surface area contributed by atoms with E-state index in [2.05, 4.69) is 0 Å². The van der Waals surface area contributed by atoms with Gasteiger partial charge in [0, 0.05) is 0 Å². The van der Waals surface area contributed by atoms with Crippen molar-refractivity contribution in [1.29, 1.82) is 0 Å². The quantitative estimate of drug-likeness (QED) is 0.806. The van der Waals surface area contributed by atoms with Gasteiger partial charge in [0.25, 0.3) is 0 Å². The lowest BCUT2D eigenvalue weighted by Crippen LogP contribution is -2.08. The summed E-state index contributed by atoms with van der Waals surface area (Å²) in [7, 11) is 0. The van der Waals surface area contributed by atoms with Gasteiger partial charge in [0.05, 0.1) is 11.7 Å². The molecule has 4 heteroatoms. The minimum atomic E-state index is -4.32. The summed E-state index contributed by atoms with van der Waals surface area (Å²) in [6.07, 6.45) is -5.03. The maximum Gasteiger partial charge on any atom is 0.416 e. The molecule has 0 aliphatic heterocycles. The molecular weight excluding hydrogens is 205 g/mol. The Hall–Kier alpha value is -1.03. The highest BCUT2D eigenvalue weighted by Crippen LogP contribution is 2.30. The molecule has 0 aromatic heterocycles. The molecule has 0 saturated carbocycles. The van der Waals surface area contributed by atoms with Crippen LogP contribution in [0, 0.1) is 5.92 Å². The predicted octanol–water partition coefficient (Wildman–Crippen LogP) is 3.39. The summed E-state index contributed by atoms with van der Waals surface area (Å²) in [6, 6.07) is 4.60. The maximum atomic E-state index is 12.2. The Morgan fingerprint density at radius 1 is 1.07 bits per heavy atom. The minimum Gasteiger partial charge on any atom is -0.388 e. The fourth-order valence-corrected chi connectivity index (χ4v) is 1.25. The van der Waals surface area contributed by atoms with Crippen LogP contribution < -0.4 is 0 Å². The van der Waals surface area contributed by atoms with Crippen molar-refractivity contribution < 1.29 is 18.3 Å². The van der Waals surface area contributed by atoms with Gasteiger partial charge in [0.1, 0.15) is 0 Å². The van der Waals surface area contributed by atoms with Crippen LogP contribution >= 0.6 is 0 Å². The van der Waals surface area contributed by atoms with E-state index >= 15 is 0 Å². The monoisotopic (exact) mass is 218 g/mol. The van der Waals surface area contributed by atoms with Crippen molar-refractivity contribution in [2.75, 3.05) is 0 Å². The fourth-order valence-electron chi connectivity index (χ4n) is 1.25. The molecule has 84 valence electrons. The van der Waals surface area contributed by atoms with Crippen molar-refractivity contribution in [1.82, 2.24) is 0 Å². The summed E-state index contributed by atoms with van der Waals surface area (Å²) in [5.74, 6) is -0.0123. The van der Waals surface area contributed by atoms with Crippen molar-refractivity contribution in [3.8, 4) is 0 Å². The average molecular weight is 218 g/mol. The molecule has 1 unspecified atom stereocenters. The zero-order valence-corrected chi connectivity index (χ0v) is 8.55. The zero-order valence-electron chi connectivity index (χ0n) is 8.55. The van der Waals surface area contributed by atoms with Crippen molar-refractivity contribution in [3.63, 3.8) is 0 Å². The van der Waals surface area contributed by atoms with E-state index in [1.54, 1.807) is 0 Å². The number of alkyl halides is 3. The first kappa shape index (κ1) is 12.0. The topological polar surface area (TPSA) is 20.2 Å². The van der Waals surface area contributed by atoms with Crippen LogP contribution in [0.1, 0.15) is 31.1 Å². The van der Waals surface area contributed by atoms with Crippen LogP contribution in [0.3, 0.4) is 0 Å². The Bertz CT molecular complexity index is 314. The summed E-state index contributed by atoms with van der Waals surface area (Å²) >= 11 is 0. The van der Waals surface area contributed by atoms with E-state index in [-0.39, 0.29) is 5.92 Å². The average Bonchev–Trinajstić information content (AvgIpc) is 2.15. The number of halogens is 3. The van der Waals surface area contributed by atoms with Crippen LogP contribution in [0.15, 0.2) is 24.3 Å². The van der Waals surface area contributed by atoms with E-state index in [0.29, 0.717) is 5.56 Å². The third-order valence-electron chi connectivity index (χ3n) is 2.21. The van der Waals surface area contributed by atoms with Crippen LogP contribution in [0.2, 0.25) is 0 Å². The van der Waals surface area contributed by atoms with E-state index in [0.717, 1.165) is 12.1 Å². The minimum absolute atomic E-state index is 0.0123. The predicted molar refractivity (Wildman–Crippen MR) is 51.2 cm³/mol. The van der Waals surface area contributed by atoms with E-state index < -0.39 is 17.8 Å². The summed E-state index contributed by atoms with van der Waals surface area (Å²) < 4.78 is 36.7. The molecule has 0 amide bonds. The van der Waals surface area contributed by atoms with Gasteiger partial charge in [-0.3, -0.25) is 0 Å². The first-order valence-electron chi connectivity index (χ1n) is 4.67. The Morgan fingerprint density at radius 3 is 1.87 bits per heavy atom. The number of benzene rings is 1. The van der Waals surface area contributed by atoms with Gasteiger partial charge in [-0.15, -0.1) is 0 Å². The molecule has 15 heavy (non-hydrogen) atoms. The number of aliphatic hydroxyl groups is 1. The smallest absolute Gasteiger partial charge is 0.388 e. The molecule has 1 nitrogen and oxygen atoms in total. The second-order valence-electron chi connectivity index (χ2n) is 3.81. The van der Waals surface area contributed by atoms with Gasteiger partial charge in [-0.2, -0.15) is 13.2 Å². The highest BCUT2D eigenvalue weighted by molar-refractivity contribution is 5.26. The van der Waals surface area contributed by atoms with Gasteiger partial charge < -0.3 is 5.11 Å². The summed E-state index contributed by atoms with van der Waals surface area (Å²) in [5, 5.41) is 9.61. The van der Waals surface area contributed by atoms with E-state index in [4.69, 9.17) is 0 Å². The van der Waals surface area contributed by atoms with Crippen molar-refractivity contribution >= 4 is 0 Å². The third kappa shape index (κ3) is 2.96.